The molecule has 0 aliphatic heterocycles. The first-order valence-electron chi connectivity index (χ1n) is 15.4. The molecule has 5 aromatic rings. The topological polar surface area (TPSA) is 53.1 Å². The van der Waals surface area contributed by atoms with Gasteiger partial charge in [0.25, 0.3) is 0 Å². The number of nitrogens with zero attached hydrogens (tertiary/aromatic N) is 3. The zero-order chi connectivity index (χ0) is 28.4. The van der Waals surface area contributed by atoms with Gasteiger partial charge in [0.2, 0.25) is 0 Å². The third kappa shape index (κ3) is 7.48. The Morgan fingerprint density at radius 2 is 1.48 bits per heavy atom. The average molecular weight is 556 g/mol. The normalized spacial score (nSPS) is 14.7. The van der Waals surface area contributed by atoms with Gasteiger partial charge in [0.05, 0.1) is 17.4 Å². The number of benzene rings is 3. The second-order valence-corrected chi connectivity index (χ2v) is 11.4. The van der Waals surface area contributed by atoms with Gasteiger partial charge < -0.3 is 10.6 Å². The number of hydrogen-bond acceptors (Lipinski definition) is 5. The van der Waals surface area contributed by atoms with Crippen molar-refractivity contribution in [2.45, 2.75) is 57.9 Å². The van der Waals surface area contributed by atoms with Crippen molar-refractivity contribution in [3.8, 4) is 0 Å². The Balaban J connectivity index is 1.06. The number of fused-ring (bicyclic) bond motifs is 2. The summed E-state index contributed by atoms with van der Waals surface area (Å²) in [6, 6.07) is 35.2. The van der Waals surface area contributed by atoms with Crippen LogP contribution in [0.4, 0.5) is 0 Å². The molecule has 2 heterocycles. The molecule has 42 heavy (non-hydrogen) atoms. The van der Waals surface area contributed by atoms with Crippen LogP contribution in [0, 0.1) is 0 Å². The van der Waals surface area contributed by atoms with Gasteiger partial charge in [0, 0.05) is 45.1 Å². The Kier molecular flexibility index (Phi) is 9.63. The minimum atomic E-state index is 0.371. The van der Waals surface area contributed by atoms with Crippen molar-refractivity contribution in [2.75, 3.05) is 13.1 Å². The fraction of sp³-hybridized carbons (Fsp3) is 0.297. The van der Waals surface area contributed by atoms with E-state index in [2.05, 4.69) is 105 Å². The summed E-state index contributed by atoms with van der Waals surface area (Å²) in [5.74, 6) is 0. The van der Waals surface area contributed by atoms with E-state index in [1.54, 1.807) is 0 Å². The van der Waals surface area contributed by atoms with Crippen LogP contribution in [0.5, 0.6) is 0 Å². The van der Waals surface area contributed by atoms with Crippen molar-refractivity contribution >= 4 is 10.8 Å². The molecule has 0 saturated carbocycles. The van der Waals surface area contributed by atoms with E-state index < -0.39 is 0 Å². The molecule has 0 spiro atoms. The summed E-state index contributed by atoms with van der Waals surface area (Å²) >= 11 is 0. The van der Waals surface area contributed by atoms with Gasteiger partial charge >= 0.3 is 0 Å². The van der Waals surface area contributed by atoms with E-state index in [9.17, 15) is 0 Å². The minimum Gasteiger partial charge on any atom is -0.313 e. The Bertz CT molecular complexity index is 1550. The Labute approximate surface area is 250 Å². The number of aryl methyl sites for hydroxylation is 1. The maximum atomic E-state index is 4.87. The van der Waals surface area contributed by atoms with Crippen molar-refractivity contribution in [2.24, 2.45) is 0 Å². The van der Waals surface area contributed by atoms with Gasteiger partial charge in [-0.3, -0.25) is 14.9 Å². The number of aromatic nitrogens is 2. The van der Waals surface area contributed by atoms with Crippen LogP contribution in [0.3, 0.4) is 0 Å². The highest BCUT2D eigenvalue weighted by Crippen LogP contribution is 2.33. The summed E-state index contributed by atoms with van der Waals surface area (Å²) in [6.07, 6.45) is 8.44. The van der Waals surface area contributed by atoms with Gasteiger partial charge in [0.15, 0.2) is 0 Å². The molecule has 1 aliphatic carbocycles. The summed E-state index contributed by atoms with van der Waals surface area (Å²) < 4.78 is 0. The molecule has 5 nitrogen and oxygen atoms in total. The third-order valence-electron chi connectivity index (χ3n) is 8.32. The zero-order valence-corrected chi connectivity index (χ0v) is 24.4. The zero-order valence-electron chi connectivity index (χ0n) is 24.4. The van der Waals surface area contributed by atoms with E-state index in [0.717, 1.165) is 57.8 Å². The molecule has 6 rings (SSSR count). The van der Waals surface area contributed by atoms with Gasteiger partial charge in [0.1, 0.15) is 0 Å². The van der Waals surface area contributed by atoms with Gasteiger partial charge in [-0.1, -0.05) is 72.8 Å². The van der Waals surface area contributed by atoms with E-state index in [1.165, 1.54) is 51.6 Å². The SMILES string of the molecule is c1ccc(CNCc2ccc(CN(CCCNCc3ccc4ccccc4c3)[C@H]3CCCc4cccnc43)cc2)nc1. The van der Waals surface area contributed by atoms with Crippen molar-refractivity contribution in [1.29, 1.82) is 0 Å². The van der Waals surface area contributed by atoms with Crippen LogP contribution in [0.15, 0.2) is 109 Å². The first-order valence-corrected chi connectivity index (χ1v) is 15.4. The van der Waals surface area contributed by atoms with E-state index >= 15 is 0 Å². The van der Waals surface area contributed by atoms with Gasteiger partial charge in [-0.2, -0.15) is 0 Å². The Morgan fingerprint density at radius 1 is 0.690 bits per heavy atom. The molecule has 2 N–H and O–H groups in total. The lowest BCUT2D eigenvalue weighted by Crippen LogP contribution is -2.34. The largest absolute Gasteiger partial charge is 0.313 e. The smallest absolute Gasteiger partial charge is 0.0607 e. The summed E-state index contributed by atoms with van der Waals surface area (Å²) in [6.45, 7) is 5.48. The van der Waals surface area contributed by atoms with E-state index in [4.69, 9.17) is 4.98 Å². The molecule has 0 fully saturated rings. The van der Waals surface area contributed by atoms with E-state index in [-0.39, 0.29) is 0 Å². The molecule has 0 bridgehead atoms. The predicted molar refractivity (Wildman–Crippen MR) is 172 cm³/mol. The molecule has 5 heteroatoms. The van der Waals surface area contributed by atoms with Crippen molar-refractivity contribution in [1.82, 2.24) is 25.5 Å². The lowest BCUT2D eigenvalue weighted by atomic mass is 9.90. The lowest BCUT2D eigenvalue weighted by molar-refractivity contribution is 0.163. The second-order valence-electron chi connectivity index (χ2n) is 11.4. The quantitative estimate of drug-likeness (QED) is 0.154. The Hall–Kier alpha value is -3.90. The lowest BCUT2D eigenvalue weighted by Gasteiger charge is -2.35. The molecule has 0 radical (unpaired) electrons. The third-order valence-corrected chi connectivity index (χ3v) is 8.32. The van der Waals surface area contributed by atoms with E-state index in [0.29, 0.717) is 6.04 Å². The van der Waals surface area contributed by atoms with Gasteiger partial charge in [-0.25, -0.2) is 0 Å². The maximum absolute atomic E-state index is 4.87. The van der Waals surface area contributed by atoms with Crippen LogP contribution in [0.1, 0.15) is 58.9 Å². The molecular formula is C37H41N5. The molecular weight excluding hydrogens is 514 g/mol. The van der Waals surface area contributed by atoms with Crippen LogP contribution in [0.25, 0.3) is 10.8 Å². The highest BCUT2D eigenvalue weighted by atomic mass is 15.2. The molecule has 0 amide bonds. The van der Waals surface area contributed by atoms with Crippen LogP contribution in [0.2, 0.25) is 0 Å². The average Bonchev–Trinajstić information content (AvgIpc) is 3.05. The highest BCUT2D eigenvalue weighted by Gasteiger charge is 2.27. The van der Waals surface area contributed by atoms with Gasteiger partial charge in [-0.05, 0) is 89.5 Å². The molecule has 1 aliphatic rings. The fourth-order valence-electron chi connectivity index (χ4n) is 6.11. The summed E-state index contributed by atoms with van der Waals surface area (Å²) in [4.78, 5) is 11.9. The summed E-state index contributed by atoms with van der Waals surface area (Å²) in [7, 11) is 0. The summed E-state index contributed by atoms with van der Waals surface area (Å²) in [5, 5.41) is 9.81. The monoisotopic (exact) mass is 555 g/mol. The van der Waals surface area contributed by atoms with Crippen molar-refractivity contribution in [3.05, 3.63) is 143 Å². The fourth-order valence-corrected chi connectivity index (χ4v) is 6.11. The van der Waals surface area contributed by atoms with E-state index in [1.807, 2.05) is 24.5 Å². The molecule has 0 unspecified atom stereocenters. The van der Waals surface area contributed by atoms with Crippen LogP contribution < -0.4 is 10.6 Å². The number of rotatable bonds is 13. The highest BCUT2D eigenvalue weighted by molar-refractivity contribution is 5.82. The minimum absolute atomic E-state index is 0.371. The number of hydrogen-bond donors (Lipinski definition) is 2. The number of pyridine rings is 2. The van der Waals surface area contributed by atoms with Crippen LogP contribution in [-0.2, 0) is 32.6 Å². The standard InChI is InChI=1S/C37H41N5/c1-2-9-34-24-31(18-19-32(34)8-1)26-38-20-7-23-42(36-13-5-10-33-11-6-22-41-37(33)36)28-30-16-14-29(15-17-30)25-39-27-35-12-3-4-21-40-35/h1-4,6,8-9,11-12,14-19,21-22,24,36,38-39H,5,7,10,13,20,23,25-28H2/t36-/m0/s1. The first-order chi connectivity index (χ1) is 20.8. The number of nitrogens with one attached hydrogen (secondary N) is 2. The van der Waals surface area contributed by atoms with Crippen LogP contribution >= 0.6 is 0 Å². The second kappa shape index (κ2) is 14.3. The molecule has 214 valence electrons. The van der Waals surface area contributed by atoms with Crippen LogP contribution in [-0.4, -0.2) is 28.0 Å². The molecule has 0 saturated heterocycles. The molecule has 3 aromatic carbocycles. The summed E-state index contributed by atoms with van der Waals surface area (Å²) in [5.41, 5.74) is 7.76. The van der Waals surface area contributed by atoms with Gasteiger partial charge in [-0.15, -0.1) is 0 Å². The molecule has 2 aromatic heterocycles. The van der Waals surface area contributed by atoms with Crippen molar-refractivity contribution in [3.63, 3.8) is 0 Å². The Morgan fingerprint density at radius 3 is 2.36 bits per heavy atom. The first kappa shape index (κ1) is 28.2. The molecule has 1 atom stereocenters. The predicted octanol–water partition coefficient (Wildman–Crippen LogP) is 6.98. The maximum Gasteiger partial charge on any atom is 0.0607 e. The van der Waals surface area contributed by atoms with Crippen molar-refractivity contribution < 1.29 is 0 Å².